The molecule has 1 N–H and O–H groups in total. The number of ether oxygens (including phenoxy) is 1. The molecule has 0 bridgehead atoms. The molecule has 1 aliphatic heterocycles. The zero-order valence-corrected chi connectivity index (χ0v) is 14.6. The lowest BCUT2D eigenvalue weighted by Crippen LogP contribution is -2.22. The predicted octanol–water partition coefficient (Wildman–Crippen LogP) is 1.99. The van der Waals surface area contributed by atoms with Crippen LogP contribution in [0.4, 0.5) is 5.82 Å². The van der Waals surface area contributed by atoms with Gasteiger partial charge >= 0.3 is 0 Å². The molecule has 1 aromatic heterocycles. The molecule has 24 heavy (non-hydrogen) atoms. The Morgan fingerprint density at radius 2 is 1.96 bits per heavy atom. The third kappa shape index (κ3) is 3.37. The van der Waals surface area contributed by atoms with Crippen molar-refractivity contribution < 1.29 is 13.2 Å². The summed E-state index contributed by atoms with van der Waals surface area (Å²) in [7, 11) is -0.387. The van der Waals surface area contributed by atoms with Crippen LogP contribution in [0.3, 0.4) is 0 Å². The van der Waals surface area contributed by atoms with Gasteiger partial charge in [-0.1, -0.05) is 12.1 Å². The molecule has 2 aromatic rings. The summed E-state index contributed by atoms with van der Waals surface area (Å²) in [4.78, 5) is 6.68. The van der Waals surface area contributed by atoms with E-state index in [1.807, 2.05) is 12.1 Å². The molecule has 3 rings (SSSR count). The molecule has 1 saturated heterocycles. The third-order valence-electron chi connectivity index (χ3n) is 4.40. The van der Waals surface area contributed by atoms with Gasteiger partial charge in [-0.2, -0.15) is 0 Å². The van der Waals surface area contributed by atoms with Crippen LogP contribution in [-0.2, 0) is 10.0 Å². The smallest absolute Gasteiger partial charge is 0.241 e. The van der Waals surface area contributed by atoms with Gasteiger partial charge in [0, 0.05) is 25.2 Å². The number of sulfonamides is 1. The number of rotatable bonds is 5. The average Bonchev–Trinajstić information content (AvgIpc) is 3.12. The van der Waals surface area contributed by atoms with Crippen molar-refractivity contribution in [3.05, 3.63) is 48.2 Å². The lowest BCUT2D eigenvalue weighted by atomic mass is 9.98. The summed E-state index contributed by atoms with van der Waals surface area (Å²) < 4.78 is 31.0. The molecular weight excluding hydrogens is 326 g/mol. The molecule has 0 spiro atoms. The first-order chi connectivity index (χ1) is 11.5. The highest BCUT2D eigenvalue weighted by Gasteiger charge is 2.25. The molecule has 0 aliphatic carbocycles. The van der Waals surface area contributed by atoms with E-state index in [4.69, 9.17) is 4.74 Å². The van der Waals surface area contributed by atoms with Crippen LogP contribution in [0.25, 0.3) is 0 Å². The fourth-order valence-electron chi connectivity index (χ4n) is 2.95. The average molecular weight is 347 g/mol. The molecule has 0 unspecified atom stereocenters. The molecule has 1 fully saturated rings. The number of anilines is 1. The molecule has 1 atom stereocenters. The number of methoxy groups -OCH3 is 1. The van der Waals surface area contributed by atoms with Gasteiger partial charge in [-0.25, -0.2) is 18.1 Å². The number of nitrogens with one attached hydrogen (secondary N) is 1. The van der Waals surface area contributed by atoms with Crippen LogP contribution in [0.2, 0.25) is 0 Å². The summed E-state index contributed by atoms with van der Waals surface area (Å²) in [6.45, 7) is 1.78. The molecule has 0 amide bonds. The molecule has 2 heterocycles. The van der Waals surface area contributed by atoms with Crippen molar-refractivity contribution in [1.29, 1.82) is 0 Å². The van der Waals surface area contributed by atoms with Gasteiger partial charge in [0.25, 0.3) is 0 Å². The minimum atomic E-state index is -3.44. The van der Waals surface area contributed by atoms with Crippen LogP contribution >= 0.6 is 0 Å². The molecule has 6 nitrogen and oxygen atoms in total. The van der Waals surface area contributed by atoms with E-state index in [1.54, 1.807) is 19.2 Å². The van der Waals surface area contributed by atoms with Crippen LogP contribution < -0.4 is 14.4 Å². The van der Waals surface area contributed by atoms with Crippen LogP contribution in [0, 0.1) is 0 Å². The fraction of sp³-hybridized carbons (Fsp3) is 0.353. The third-order valence-corrected chi connectivity index (χ3v) is 5.80. The van der Waals surface area contributed by atoms with E-state index in [0.29, 0.717) is 5.92 Å². The second kappa shape index (κ2) is 6.78. The van der Waals surface area contributed by atoms with Gasteiger partial charge in [-0.3, -0.25) is 0 Å². The first-order valence-corrected chi connectivity index (χ1v) is 9.30. The largest absolute Gasteiger partial charge is 0.497 e. The number of pyridine rings is 1. The molecule has 0 saturated carbocycles. The monoisotopic (exact) mass is 347 g/mol. The van der Waals surface area contributed by atoms with Gasteiger partial charge < -0.3 is 9.64 Å². The van der Waals surface area contributed by atoms with Gasteiger partial charge in [0.1, 0.15) is 16.5 Å². The Morgan fingerprint density at radius 3 is 2.54 bits per heavy atom. The van der Waals surface area contributed by atoms with Gasteiger partial charge in [0.15, 0.2) is 0 Å². The minimum Gasteiger partial charge on any atom is -0.497 e. The molecule has 1 aliphatic rings. The summed E-state index contributed by atoms with van der Waals surface area (Å²) in [6, 6.07) is 11.5. The number of benzene rings is 1. The minimum absolute atomic E-state index is 0.180. The topological polar surface area (TPSA) is 71.5 Å². The molecule has 7 heteroatoms. The number of aromatic nitrogens is 1. The second-order valence-corrected chi connectivity index (χ2v) is 7.65. The molecular formula is C17H21N3O3S. The second-order valence-electron chi connectivity index (χ2n) is 5.76. The predicted molar refractivity (Wildman–Crippen MR) is 93.0 cm³/mol. The zero-order valence-electron chi connectivity index (χ0n) is 13.8. The van der Waals surface area contributed by atoms with Gasteiger partial charge in [-0.15, -0.1) is 0 Å². The van der Waals surface area contributed by atoms with Crippen molar-refractivity contribution in [2.45, 2.75) is 17.2 Å². The quantitative estimate of drug-likeness (QED) is 0.896. The molecule has 0 radical (unpaired) electrons. The van der Waals surface area contributed by atoms with E-state index in [-0.39, 0.29) is 4.90 Å². The van der Waals surface area contributed by atoms with Crippen molar-refractivity contribution in [3.8, 4) is 5.75 Å². The molecule has 128 valence electrons. The summed E-state index contributed by atoms with van der Waals surface area (Å²) >= 11 is 0. The highest BCUT2D eigenvalue weighted by atomic mass is 32.2. The lowest BCUT2D eigenvalue weighted by Gasteiger charge is -2.18. The SMILES string of the molecule is CNS(=O)(=O)c1ccc(N2CC[C@@H](c3ccc(OC)cc3)C2)nc1. The number of hydrogen-bond donors (Lipinski definition) is 1. The van der Waals surface area contributed by atoms with Gasteiger partial charge in [0.2, 0.25) is 10.0 Å². The van der Waals surface area contributed by atoms with Crippen LogP contribution in [-0.4, -0.2) is 40.6 Å². The Balaban J connectivity index is 1.71. The van der Waals surface area contributed by atoms with Crippen molar-refractivity contribution in [3.63, 3.8) is 0 Å². The van der Waals surface area contributed by atoms with E-state index in [0.717, 1.165) is 31.1 Å². The van der Waals surface area contributed by atoms with Gasteiger partial charge in [0.05, 0.1) is 7.11 Å². The maximum absolute atomic E-state index is 11.7. The van der Waals surface area contributed by atoms with Crippen molar-refractivity contribution in [2.75, 3.05) is 32.1 Å². The van der Waals surface area contributed by atoms with Crippen molar-refractivity contribution in [1.82, 2.24) is 9.71 Å². The van der Waals surface area contributed by atoms with Gasteiger partial charge in [-0.05, 0) is 43.3 Å². The molecule has 1 aromatic carbocycles. The van der Waals surface area contributed by atoms with E-state index in [1.165, 1.54) is 18.8 Å². The van der Waals surface area contributed by atoms with Crippen LogP contribution in [0.1, 0.15) is 17.9 Å². The Hall–Kier alpha value is -2.12. The summed E-state index contributed by atoms with van der Waals surface area (Å²) in [6.07, 6.45) is 2.45. The fourth-order valence-corrected chi connectivity index (χ4v) is 3.63. The van der Waals surface area contributed by atoms with Crippen LogP contribution in [0.15, 0.2) is 47.5 Å². The maximum atomic E-state index is 11.7. The summed E-state index contributed by atoms with van der Waals surface area (Å²) in [5.41, 5.74) is 1.28. The number of nitrogens with zero attached hydrogens (tertiary/aromatic N) is 2. The summed E-state index contributed by atoms with van der Waals surface area (Å²) in [5, 5.41) is 0. The van der Waals surface area contributed by atoms with E-state index in [9.17, 15) is 8.42 Å². The summed E-state index contributed by atoms with van der Waals surface area (Å²) in [5.74, 6) is 2.11. The lowest BCUT2D eigenvalue weighted by molar-refractivity contribution is 0.414. The zero-order chi connectivity index (χ0) is 17.2. The Labute approximate surface area is 142 Å². The van der Waals surface area contributed by atoms with Crippen LogP contribution in [0.5, 0.6) is 5.75 Å². The Bertz CT molecular complexity index is 789. The van der Waals surface area contributed by atoms with E-state index >= 15 is 0 Å². The van der Waals surface area contributed by atoms with Crippen molar-refractivity contribution >= 4 is 15.8 Å². The highest BCUT2D eigenvalue weighted by molar-refractivity contribution is 7.89. The standard InChI is InChI=1S/C17H21N3O3S/c1-18-24(21,22)16-7-8-17(19-11-16)20-10-9-14(12-20)13-3-5-15(23-2)6-4-13/h3-8,11,14,18H,9-10,12H2,1-2H3/t14-/m1/s1. The Kier molecular flexibility index (Phi) is 4.73. The first-order valence-electron chi connectivity index (χ1n) is 7.82. The van der Waals surface area contributed by atoms with Crippen molar-refractivity contribution in [2.24, 2.45) is 0 Å². The van der Waals surface area contributed by atoms with E-state index in [2.05, 4.69) is 26.7 Å². The first kappa shape index (κ1) is 16.7. The Morgan fingerprint density at radius 1 is 1.21 bits per heavy atom. The highest BCUT2D eigenvalue weighted by Crippen LogP contribution is 2.31. The van der Waals surface area contributed by atoms with E-state index < -0.39 is 10.0 Å². The normalized spacial score (nSPS) is 17.9. The maximum Gasteiger partial charge on any atom is 0.241 e. The number of hydrogen-bond acceptors (Lipinski definition) is 5.